The Morgan fingerprint density at radius 2 is 1.62 bits per heavy atom. The van der Waals surface area contributed by atoms with Crippen molar-refractivity contribution in [1.29, 1.82) is 0 Å². The Balaban J connectivity index is -0.00000123. The van der Waals surface area contributed by atoms with Crippen molar-refractivity contribution in [1.82, 2.24) is 5.06 Å². The Morgan fingerprint density at radius 3 is 1.96 bits per heavy atom. The van der Waals surface area contributed by atoms with Crippen molar-refractivity contribution in [3.63, 3.8) is 0 Å². The van der Waals surface area contributed by atoms with Crippen molar-refractivity contribution in [2.45, 2.75) is 60.0 Å². The molecule has 0 aliphatic heterocycles. The van der Waals surface area contributed by atoms with Gasteiger partial charge in [-0.25, -0.2) is 0 Å². The van der Waals surface area contributed by atoms with Crippen LogP contribution in [0.5, 0.6) is 0 Å². The minimum atomic E-state index is -1.02. The third-order valence-corrected chi connectivity index (χ3v) is 3.66. The van der Waals surface area contributed by atoms with Crippen molar-refractivity contribution >= 4 is 0 Å². The van der Waals surface area contributed by atoms with Gasteiger partial charge in [0.15, 0.2) is 0 Å². The van der Waals surface area contributed by atoms with Crippen molar-refractivity contribution < 1.29 is 10.3 Å². The molecular formula is C23H41NO2. The molecule has 26 heavy (non-hydrogen) atoms. The number of hydroxylamine groups is 2. The second kappa shape index (κ2) is 18.1. The third kappa shape index (κ3) is 11.8. The normalized spacial score (nSPS) is 13.9. The molecule has 0 spiro atoms. The van der Waals surface area contributed by atoms with Crippen LogP contribution in [0.1, 0.15) is 54.4 Å². The molecule has 3 nitrogen and oxygen atoms in total. The highest BCUT2D eigenvalue weighted by Crippen LogP contribution is 2.26. The molecule has 0 bridgehead atoms. The molecule has 0 aliphatic rings. The summed E-state index contributed by atoms with van der Waals surface area (Å²) in [5, 5.41) is 21.0. The first kappa shape index (κ1) is 29.1. The Kier molecular flexibility index (Phi) is 20.3. The van der Waals surface area contributed by atoms with E-state index in [9.17, 15) is 10.3 Å². The lowest BCUT2D eigenvalue weighted by Crippen LogP contribution is -2.33. The van der Waals surface area contributed by atoms with Gasteiger partial charge in [0.25, 0.3) is 0 Å². The molecule has 0 aliphatic carbocycles. The summed E-state index contributed by atoms with van der Waals surface area (Å²) in [6.07, 6.45) is 12.0. The predicted octanol–water partition coefficient (Wildman–Crippen LogP) is 6.25. The van der Waals surface area contributed by atoms with E-state index in [1.54, 1.807) is 19.2 Å². The summed E-state index contributed by atoms with van der Waals surface area (Å²) >= 11 is 0. The van der Waals surface area contributed by atoms with Crippen LogP contribution in [0, 0.1) is 0 Å². The minimum absolute atomic E-state index is 0.377. The smallest absolute Gasteiger partial charge is 0.0901 e. The van der Waals surface area contributed by atoms with Gasteiger partial charge in [-0.15, -0.1) is 0 Å². The van der Waals surface area contributed by atoms with Gasteiger partial charge in [-0.2, -0.15) is 5.06 Å². The Morgan fingerprint density at radius 1 is 1.08 bits per heavy atom. The zero-order chi connectivity index (χ0) is 21.2. The highest BCUT2D eigenvalue weighted by atomic mass is 16.5. The first-order valence-electron chi connectivity index (χ1n) is 9.46. The topological polar surface area (TPSA) is 43.7 Å². The van der Waals surface area contributed by atoms with E-state index < -0.39 is 5.60 Å². The van der Waals surface area contributed by atoms with Crippen molar-refractivity contribution in [2.75, 3.05) is 13.6 Å². The maximum absolute atomic E-state index is 10.7. The van der Waals surface area contributed by atoms with Crippen LogP contribution in [0.15, 0.2) is 72.9 Å². The summed E-state index contributed by atoms with van der Waals surface area (Å²) in [7, 11) is 1.56. The van der Waals surface area contributed by atoms with Crippen LogP contribution in [0.25, 0.3) is 0 Å². The number of hydrogen-bond acceptors (Lipinski definition) is 3. The quantitative estimate of drug-likeness (QED) is 0.356. The Labute approximate surface area is 162 Å². The number of nitrogens with zero attached hydrogens (tertiary/aromatic N) is 1. The van der Waals surface area contributed by atoms with E-state index >= 15 is 0 Å². The fourth-order valence-electron chi connectivity index (χ4n) is 2.02. The van der Waals surface area contributed by atoms with Crippen LogP contribution in [-0.2, 0) is 0 Å². The molecule has 0 saturated carbocycles. The van der Waals surface area contributed by atoms with Crippen LogP contribution in [0.3, 0.4) is 0 Å². The van der Waals surface area contributed by atoms with E-state index in [2.05, 4.69) is 19.7 Å². The Bertz CT molecular complexity index is 484. The van der Waals surface area contributed by atoms with Crippen molar-refractivity contribution in [2.24, 2.45) is 0 Å². The van der Waals surface area contributed by atoms with E-state index in [0.29, 0.717) is 25.0 Å². The molecule has 150 valence electrons. The maximum atomic E-state index is 10.7. The average molecular weight is 364 g/mol. The molecule has 1 atom stereocenters. The van der Waals surface area contributed by atoms with Gasteiger partial charge in [-0.3, -0.25) is 0 Å². The van der Waals surface area contributed by atoms with Gasteiger partial charge in [0.1, 0.15) is 0 Å². The lowest BCUT2D eigenvalue weighted by Gasteiger charge is -2.28. The molecule has 3 heteroatoms. The molecule has 0 fully saturated rings. The predicted molar refractivity (Wildman–Crippen MR) is 117 cm³/mol. The molecular weight excluding hydrogens is 322 g/mol. The van der Waals surface area contributed by atoms with Gasteiger partial charge in [-0.05, 0) is 36.5 Å². The number of allylic oxidation sites excluding steroid dienone is 7. The summed E-state index contributed by atoms with van der Waals surface area (Å²) < 4.78 is 0. The van der Waals surface area contributed by atoms with Gasteiger partial charge in [-0.1, -0.05) is 90.8 Å². The highest BCUT2D eigenvalue weighted by molar-refractivity contribution is 5.48. The van der Waals surface area contributed by atoms with Crippen LogP contribution >= 0.6 is 0 Å². The minimum Gasteiger partial charge on any atom is -0.385 e. The van der Waals surface area contributed by atoms with Crippen LogP contribution in [0.2, 0.25) is 0 Å². The second-order valence-corrected chi connectivity index (χ2v) is 5.18. The summed E-state index contributed by atoms with van der Waals surface area (Å²) in [6.45, 7) is 23.7. The van der Waals surface area contributed by atoms with Gasteiger partial charge in [0.2, 0.25) is 0 Å². The van der Waals surface area contributed by atoms with Gasteiger partial charge < -0.3 is 10.3 Å². The largest absolute Gasteiger partial charge is 0.385 e. The van der Waals surface area contributed by atoms with Gasteiger partial charge in [0.05, 0.1) is 5.60 Å². The molecule has 0 saturated heterocycles. The summed E-state index contributed by atoms with van der Waals surface area (Å²) in [4.78, 5) is 0. The fraction of sp³-hybridized carbons (Fsp3) is 0.478. The first-order valence-corrected chi connectivity index (χ1v) is 9.46. The van der Waals surface area contributed by atoms with Crippen LogP contribution in [0.4, 0.5) is 0 Å². The summed E-state index contributed by atoms with van der Waals surface area (Å²) in [6, 6.07) is 0. The van der Waals surface area contributed by atoms with E-state index in [1.165, 1.54) is 0 Å². The lowest BCUT2D eigenvalue weighted by molar-refractivity contribution is -0.0797. The van der Waals surface area contributed by atoms with E-state index in [1.807, 2.05) is 65.8 Å². The molecule has 1 unspecified atom stereocenters. The van der Waals surface area contributed by atoms with Gasteiger partial charge in [0, 0.05) is 13.6 Å². The molecule has 2 N–H and O–H groups in total. The monoisotopic (exact) mass is 363 g/mol. The summed E-state index contributed by atoms with van der Waals surface area (Å²) in [5.41, 5.74) is 1.53. The van der Waals surface area contributed by atoms with Crippen LogP contribution < -0.4 is 0 Å². The Hall–Kier alpha value is -1.68. The van der Waals surface area contributed by atoms with E-state index in [0.717, 1.165) is 16.2 Å². The van der Waals surface area contributed by atoms with Crippen LogP contribution in [-0.4, -0.2) is 34.6 Å². The zero-order valence-electron chi connectivity index (χ0n) is 18.0. The molecule has 0 heterocycles. The third-order valence-electron chi connectivity index (χ3n) is 3.66. The zero-order valence-corrected chi connectivity index (χ0v) is 18.0. The molecule has 0 aromatic rings. The highest BCUT2D eigenvalue weighted by Gasteiger charge is 2.26. The molecule has 0 aromatic heterocycles. The van der Waals surface area contributed by atoms with Crippen molar-refractivity contribution in [3.8, 4) is 0 Å². The molecule has 0 aromatic carbocycles. The molecule has 0 amide bonds. The number of rotatable bonds is 10. The van der Waals surface area contributed by atoms with E-state index in [-0.39, 0.29) is 0 Å². The first-order chi connectivity index (χ1) is 12.3. The lowest BCUT2D eigenvalue weighted by atomic mass is 9.87. The van der Waals surface area contributed by atoms with E-state index in [4.69, 9.17) is 0 Å². The van der Waals surface area contributed by atoms with Gasteiger partial charge >= 0.3 is 0 Å². The number of hydrogen-bond donors (Lipinski definition) is 2. The molecule has 0 radical (unpaired) electrons. The fourth-order valence-corrected chi connectivity index (χ4v) is 2.02. The standard InChI is InChI=1S/C19H29NO2.2C2H6/c1-7-11-17(8-2)18(9-3)13-12-16(5)19(21,10-4)14-15-20(6)22;2*1-2/h7-9,11-13,21-22H,1-2,5,10,14-15H2,3-4,6H3;2*1-2H3/b13-12-,17-11+,18-9+;;. The maximum Gasteiger partial charge on any atom is 0.0901 e. The summed E-state index contributed by atoms with van der Waals surface area (Å²) in [5.74, 6) is 0. The molecule has 0 rings (SSSR count). The van der Waals surface area contributed by atoms with Crippen molar-refractivity contribution in [3.05, 3.63) is 72.9 Å². The second-order valence-electron chi connectivity index (χ2n) is 5.18. The number of aliphatic hydroxyl groups is 1. The SMILES string of the molecule is C=C/C=C(C=C)/C(/C=C\C(=C)C(O)(CC)CCN(C)O)=C/C.CC.CC. The average Bonchev–Trinajstić information content (AvgIpc) is 2.68.